The first-order valence-corrected chi connectivity index (χ1v) is 15.1. The number of fused-ring (bicyclic) bond motifs is 1. The van der Waals surface area contributed by atoms with E-state index in [1.165, 1.54) is 6.07 Å². The first kappa shape index (κ1) is 25.1. The molecule has 2 aliphatic rings. The minimum absolute atomic E-state index is 0.118. The van der Waals surface area contributed by atoms with Crippen molar-refractivity contribution < 1.29 is 13.9 Å². The number of hydrogen-bond acceptors (Lipinski definition) is 7. The number of nitrogens with one attached hydrogen (secondary N) is 3. The van der Waals surface area contributed by atoms with Gasteiger partial charge in [-0.2, -0.15) is 0 Å². The number of nitrogens with zero attached hydrogens (tertiary/aromatic N) is 4. The molecule has 0 saturated carbocycles. The SMILES string of the molecule is CC(C)c1cnn2c([AsH]Cc3ccc(F)c(NC(=O)C4CCNC4)c3)nc(NC3CCOCC3)nc12. The molecule has 0 aliphatic carbocycles. The molecule has 0 spiro atoms. The van der Waals surface area contributed by atoms with Gasteiger partial charge >= 0.3 is 217 Å². The van der Waals surface area contributed by atoms with E-state index in [0.29, 0.717) is 18.4 Å². The van der Waals surface area contributed by atoms with Crippen LogP contribution < -0.4 is 20.6 Å². The van der Waals surface area contributed by atoms with Gasteiger partial charge in [0.05, 0.1) is 0 Å². The first-order chi connectivity index (χ1) is 17.5. The molecule has 2 saturated heterocycles. The van der Waals surface area contributed by atoms with Crippen molar-refractivity contribution >= 4 is 43.6 Å². The van der Waals surface area contributed by atoms with Gasteiger partial charge < -0.3 is 0 Å². The molecule has 36 heavy (non-hydrogen) atoms. The number of benzene rings is 1. The second kappa shape index (κ2) is 11.2. The van der Waals surface area contributed by atoms with Gasteiger partial charge in [0.1, 0.15) is 0 Å². The molecule has 2 atom stereocenters. The van der Waals surface area contributed by atoms with Crippen LogP contribution in [-0.4, -0.2) is 73.6 Å². The van der Waals surface area contributed by atoms with Gasteiger partial charge in [0.15, 0.2) is 0 Å². The molecule has 192 valence electrons. The monoisotopic (exact) mass is 557 g/mol. The molecular formula is C25H33AsFN7O2. The van der Waals surface area contributed by atoms with Crippen molar-refractivity contribution in [1.82, 2.24) is 24.9 Å². The summed E-state index contributed by atoms with van der Waals surface area (Å²) in [6.07, 6.45) is 4.51. The van der Waals surface area contributed by atoms with Crippen molar-refractivity contribution in [2.24, 2.45) is 5.92 Å². The van der Waals surface area contributed by atoms with E-state index in [0.717, 1.165) is 65.6 Å². The fourth-order valence-corrected chi connectivity index (χ4v) is 6.84. The standard InChI is InChI=1S/C25H33AsFN7O2/c1-15(2)19-14-29-34-22(19)32-25(30-18-6-9-36-10-7-18)33-24(34)26-12-16-3-4-20(27)21(11-16)31-23(35)17-5-8-28-13-17/h3-4,11,14-15,17-18,26,28H,5-10,12-13H2,1-2H3,(H,30,32)(H,31,35). The van der Waals surface area contributed by atoms with Crippen molar-refractivity contribution in [3.05, 3.63) is 41.3 Å². The first-order valence-electron chi connectivity index (χ1n) is 12.6. The summed E-state index contributed by atoms with van der Waals surface area (Å²) in [5.41, 5.74) is 3.14. The molecule has 0 radical (unpaired) electrons. The molecule has 5 rings (SSSR count). The third-order valence-electron chi connectivity index (χ3n) is 6.74. The number of anilines is 2. The van der Waals surface area contributed by atoms with E-state index in [9.17, 15) is 9.18 Å². The Morgan fingerprint density at radius 3 is 2.86 bits per heavy atom. The van der Waals surface area contributed by atoms with Crippen LogP contribution in [0.4, 0.5) is 16.0 Å². The summed E-state index contributed by atoms with van der Waals surface area (Å²) in [7, 11) is 0. The molecular weight excluding hydrogens is 524 g/mol. The second-order valence-corrected chi connectivity index (χ2v) is 12.2. The normalized spacial score (nSPS) is 19.1. The van der Waals surface area contributed by atoms with Crippen molar-refractivity contribution in [1.29, 1.82) is 0 Å². The summed E-state index contributed by atoms with van der Waals surface area (Å²) < 4.78 is 22.7. The quantitative estimate of drug-likeness (QED) is 0.363. The van der Waals surface area contributed by atoms with Crippen LogP contribution in [0.3, 0.4) is 0 Å². The molecule has 1 aromatic carbocycles. The van der Waals surface area contributed by atoms with E-state index in [4.69, 9.17) is 14.7 Å². The number of carbonyl (C=O) groups excluding carboxylic acids is 1. The molecule has 2 aliphatic heterocycles. The van der Waals surface area contributed by atoms with Crippen molar-refractivity contribution in [2.75, 3.05) is 36.9 Å². The number of aromatic nitrogens is 4. The predicted octanol–water partition coefficient (Wildman–Crippen LogP) is 1.79. The average molecular weight is 558 g/mol. The van der Waals surface area contributed by atoms with Gasteiger partial charge in [0.25, 0.3) is 0 Å². The van der Waals surface area contributed by atoms with Crippen molar-refractivity contribution in [3.63, 3.8) is 0 Å². The summed E-state index contributed by atoms with van der Waals surface area (Å²) in [4.78, 5) is 22.2. The summed E-state index contributed by atoms with van der Waals surface area (Å²) in [5.74, 6) is 0.255. The summed E-state index contributed by atoms with van der Waals surface area (Å²) in [6.45, 7) is 7.20. The minimum atomic E-state index is -0.780. The number of carbonyl (C=O) groups is 1. The maximum absolute atomic E-state index is 14.5. The van der Waals surface area contributed by atoms with E-state index >= 15 is 0 Å². The van der Waals surface area contributed by atoms with Crippen LogP contribution in [0.2, 0.25) is 0 Å². The zero-order valence-corrected chi connectivity index (χ0v) is 22.8. The number of amides is 1. The fraction of sp³-hybridized carbons (Fsp3) is 0.520. The van der Waals surface area contributed by atoms with Gasteiger partial charge in [0.2, 0.25) is 0 Å². The van der Waals surface area contributed by atoms with E-state index in [1.54, 1.807) is 12.1 Å². The predicted molar refractivity (Wildman–Crippen MR) is 139 cm³/mol. The number of halogens is 1. The fourth-order valence-electron chi connectivity index (χ4n) is 4.58. The topological polar surface area (TPSA) is 105 Å². The third-order valence-corrected chi connectivity index (χ3v) is 9.31. The maximum atomic E-state index is 14.5. The van der Waals surface area contributed by atoms with Crippen LogP contribution >= 0.6 is 0 Å². The van der Waals surface area contributed by atoms with Crippen LogP contribution in [-0.2, 0) is 14.7 Å². The Labute approximate surface area is 216 Å². The van der Waals surface area contributed by atoms with E-state index in [2.05, 4.69) is 34.9 Å². The molecule has 2 aromatic heterocycles. The molecule has 4 heterocycles. The van der Waals surface area contributed by atoms with E-state index in [-0.39, 0.29) is 23.6 Å². The average Bonchev–Trinajstić information content (AvgIpc) is 3.55. The van der Waals surface area contributed by atoms with Crippen molar-refractivity contribution in [2.45, 2.75) is 50.3 Å². The molecule has 9 nitrogen and oxygen atoms in total. The zero-order chi connectivity index (χ0) is 25.1. The third kappa shape index (κ3) is 5.71. The number of hydrogen-bond donors (Lipinski definition) is 3. The molecule has 3 N–H and O–H groups in total. The van der Waals surface area contributed by atoms with Crippen LogP contribution in [0.1, 0.15) is 50.2 Å². The molecule has 1 amide bonds. The van der Waals surface area contributed by atoms with Gasteiger partial charge in [-0.1, -0.05) is 0 Å². The molecule has 0 bridgehead atoms. The van der Waals surface area contributed by atoms with Gasteiger partial charge in [-0.3, -0.25) is 0 Å². The number of rotatable bonds is 8. The van der Waals surface area contributed by atoms with Gasteiger partial charge in [-0.25, -0.2) is 0 Å². The summed E-state index contributed by atoms with van der Waals surface area (Å²) in [6, 6.07) is 5.26. The molecule has 11 heteroatoms. The summed E-state index contributed by atoms with van der Waals surface area (Å²) >= 11 is -0.780. The zero-order valence-electron chi connectivity index (χ0n) is 20.7. The Morgan fingerprint density at radius 2 is 2.11 bits per heavy atom. The molecule has 2 fully saturated rings. The Kier molecular flexibility index (Phi) is 7.84. The van der Waals surface area contributed by atoms with E-state index < -0.39 is 21.6 Å². The van der Waals surface area contributed by atoms with E-state index in [1.807, 2.05) is 10.7 Å². The Balaban J connectivity index is 1.36. The van der Waals surface area contributed by atoms with Crippen LogP contribution in [0.25, 0.3) is 5.65 Å². The number of ether oxygens (including phenoxy) is 1. The summed E-state index contributed by atoms with van der Waals surface area (Å²) in [5, 5.41) is 14.8. The molecule has 2 unspecified atom stereocenters. The van der Waals surface area contributed by atoms with Crippen molar-refractivity contribution in [3.8, 4) is 0 Å². The van der Waals surface area contributed by atoms with Crippen LogP contribution in [0.15, 0.2) is 24.4 Å². The van der Waals surface area contributed by atoms with Gasteiger partial charge in [-0.05, 0) is 0 Å². The Morgan fingerprint density at radius 1 is 1.28 bits per heavy atom. The van der Waals surface area contributed by atoms with Crippen LogP contribution in [0, 0.1) is 11.7 Å². The Hall–Kier alpha value is -2.55. The van der Waals surface area contributed by atoms with Crippen LogP contribution in [0.5, 0.6) is 0 Å². The second-order valence-electron chi connectivity index (χ2n) is 9.74. The van der Waals surface area contributed by atoms with Gasteiger partial charge in [-0.15, -0.1) is 0 Å². The Bertz CT molecular complexity index is 1220. The molecule has 3 aromatic rings. The van der Waals surface area contributed by atoms with Gasteiger partial charge in [0, 0.05) is 0 Å².